The molecule has 4 aliphatic heterocycles. The number of nitrogens with one attached hydrogen (secondary N) is 2. The number of hydrogen-bond acceptors (Lipinski definition) is 6. The first-order valence-corrected chi connectivity index (χ1v) is 15.8. The molecule has 0 radical (unpaired) electrons. The molecule has 0 aromatic heterocycles. The third-order valence-corrected chi connectivity index (χ3v) is 10.3. The van der Waals surface area contributed by atoms with Crippen molar-refractivity contribution >= 4 is 35.0 Å². The molecule has 2 aromatic carbocycles. The summed E-state index contributed by atoms with van der Waals surface area (Å²) in [4.78, 5) is 61.1. The molecule has 4 heterocycles. The molecule has 2 aromatic rings. The third-order valence-electron chi connectivity index (χ3n) is 10.3. The molecule has 0 bridgehead atoms. The van der Waals surface area contributed by atoms with Gasteiger partial charge in [0.15, 0.2) is 0 Å². The molecule has 10 nitrogen and oxygen atoms in total. The van der Waals surface area contributed by atoms with E-state index in [2.05, 4.69) is 21.6 Å². The summed E-state index contributed by atoms with van der Waals surface area (Å²) in [5.74, 6) is -0.889. The summed E-state index contributed by atoms with van der Waals surface area (Å²) in [7, 11) is 1.66. The number of hydrogen-bond donors (Lipinski definition) is 2. The first-order chi connectivity index (χ1) is 21.2. The number of carbonyl (C=O) groups is 4. The smallest absolute Gasteiger partial charge is 0.246 e. The summed E-state index contributed by atoms with van der Waals surface area (Å²) in [5, 5.41) is 16.2. The molecule has 10 heteroatoms. The number of carbonyl (C=O) groups excluding carboxylic acids is 4. The number of amides is 4. The van der Waals surface area contributed by atoms with E-state index in [9.17, 15) is 24.4 Å². The lowest BCUT2D eigenvalue weighted by atomic mass is 9.79. The van der Waals surface area contributed by atoms with E-state index in [-0.39, 0.29) is 48.1 Å². The van der Waals surface area contributed by atoms with Gasteiger partial charge in [-0.25, -0.2) is 0 Å². The van der Waals surface area contributed by atoms with Gasteiger partial charge in [0, 0.05) is 44.0 Å². The molecule has 2 saturated heterocycles. The highest BCUT2D eigenvalue weighted by Gasteiger charge is 2.59. The second-order valence-electron chi connectivity index (χ2n) is 14.7. The number of benzene rings is 2. The molecular formula is C35H42N6O4. The van der Waals surface area contributed by atoms with Gasteiger partial charge in [0.2, 0.25) is 23.6 Å². The quantitative estimate of drug-likeness (QED) is 0.533. The Bertz CT molecular complexity index is 1620. The van der Waals surface area contributed by atoms with Crippen LogP contribution < -0.4 is 10.6 Å². The Morgan fingerprint density at radius 2 is 1.49 bits per heavy atom. The minimum atomic E-state index is -1.02. The fraction of sp³-hybridized carbons (Fsp3) is 0.514. The molecule has 0 aliphatic carbocycles. The molecule has 6 rings (SSSR count). The maximum absolute atomic E-state index is 14.6. The number of nitriles is 1. The Hall–Kier alpha value is -4.23. The Balaban J connectivity index is 1.32. The van der Waals surface area contributed by atoms with Gasteiger partial charge in [-0.1, -0.05) is 57.2 Å². The van der Waals surface area contributed by atoms with Crippen molar-refractivity contribution in [3.05, 3.63) is 59.7 Å². The van der Waals surface area contributed by atoms with Gasteiger partial charge in [-0.05, 0) is 55.4 Å². The van der Waals surface area contributed by atoms with E-state index in [0.717, 1.165) is 16.8 Å². The summed E-state index contributed by atoms with van der Waals surface area (Å²) in [5.41, 5.74) is 0.963. The van der Waals surface area contributed by atoms with E-state index in [1.165, 1.54) is 9.80 Å². The zero-order valence-electron chi connectivity index (χ0n) is 26.9. The van der Waals surface area contributed by atoms with E-state index in [1.807, 2.05) is 83.1 Å². The van der Waals surface area contributed by atoms with Crippen molar-refractivity contribution in [1.29, 1.82) is 5.26 Å². The van der Waals surface area contributed by atoms with Crippen molar-refractivity contribution in [3.8, 4) is 6.07 Å². The number of likely N-dealkylation sites (N-methyl/N-ethyl adjacent to an activating group) is 1. The number of para-hydroxylation sites is 2. The lowest BCUT2D eigenvalue weighted by molar-refractivity contribution is -0.148. The highest BCUT2D eigenvalue weighted by atomic mass is 16.2. The van der Waals surface area contributed by atoms with Crippen LogP contribution in [-0.2, 0) is 30.0 Å². The van der Waals surface area contributed by atoms with Crippen LogP contribution >= 0.6 is 0 Å². The zero-order chi connectivity index (χ0) is 32.5. The molecular weight excluding hydrogens is 568 g/mol. The van der Waals surface area contributed by atoms with Crippen LogP contribution in [0.2, 0.25) is 0 Å². The van der Waals surface area contributed by atoms with E-state index >= 15 is 0 Å². The SMILES string of the molecule is CC(C)N1C[C@]2(C[C@H]1C(=O)N(C)[C@@H](CC(C)(C)C)C(=O)N1C[C@]3(C[C@H]1C#N)C(=O)Nc1ccccc13)C(=O)Nc1ccccc12. The number of anilines is 2. The highest BCUT2D eigenvalue weighted by Crippen LogP contribution is 2.48. The van der Waals surface area contributed by atoms with Crippen molar-refractivity contribution in [2.45, 2.75) is 88.9 Å². The van der Waals surface area contributed by atoms with Gasteiger partial charge < -0.3 is 20.4 Å². The van der Waals surface area contributed by atoms with Crippen molar-refractivity contribution in [1.82, 2.24) is 14.7 Å². The Kier molecular flexibility index (Phi) is 7.31. The van der Waals surface area contributed by atoms with Crippen LogP contribution in [0.4, 0.5) is 11.4 Å². The van der Waals surface area contributed by atoms with Gasteiger partial charge in [0.05, 0.1) is 22.9 Å². The van der Waals surface area contributed by atoms with Crippen molar-refractivity contribution in [2.24, 2.45) is 5.41 Å². The van der Waals surface area contributed by atoms with Gasteiger partial charge in [0.1, 0.15) is 12.1 Å². The molecule has 45 heavy (non-hydrogen) atoms. The van der Waals surface area contributed by atoms with Gasteiger partial charge in [0.25, 0.3) is 0 Å². The molecule has 2 fully saturated rings. The van der Waals surface area contributed by atoms with Crippen LogP contribution in [0, 0.1) is 16.7 Å². The Morgan fingerprint density at radius 3 is 2.00 bits per heavy atom. The topological polar surface area (TPSA) is 126 Å². The zero-order valence-corrected chi connectivity index (χ0v) is 26.9. The van der Waals surface area contributed by atoms with Gasteiger partial charge in [-0.3, -0.25) is 24.1 Å². The van der Waals surface area contributed by atoms with Crippen molar-refractivity contribution < 1.29 is 19.2 Å². The summed E-state index contributed by atoms with van der Waals surface area (Å²) in [6.07, 6.45) is 0.859. The number of likely N-dealkylation sites (tertiary alicyclic amines) is 2. The second-order valence-corrected chi connectivity index (χ2v) is 14.7. The van der Waals surface area contributed by atoms with Crippen LogP contribution in [0.25, 0.3) is 0 Å². The van der Waals surface area contributed by atoms with Crippen molar-refractivity contribution in [3.63, 3.8) is 0 Å². The first-order valence-electron chi connectivity index (χ1n) is 15.8. The van der Waals surface area contributed by atoms with Crippen LogP contribution in [0.15, 0.2) is 48.5 Å². The minimum Gasteiger partial charge on any atom is -0.332 e. The molecule has 236 valence electrons. The fourth-order valence-corrected chi connectivity index (χ4v) is 7.97. The predicted octanol–water partition coefficient (Wildman–Crippen LogP) is 3.64. The molecule has 0 unspecified atom stereocenters. The number of fused-ring (bicyclic) bond motifs is 4. The van der Waals surface area contributed by atoms with Crippen molar-refractivity contribution in [2.75, 3.05) is 30.8 Å². The van der Waals surface area contributed by atoms with Gasteiger partial charge >= 0.3 is 0 Å². The molecule has 2 spiro atoms. The summed E-state index contributed by atoms with van der Waals surface area (Å²) < 4.78 is 0. The lowest BCUT2D eigenvalue weighted by Crippen LogP contribution is -2.56. The maximum atomic E-state index is 14.6. The van der Waals surface area contributed by atoms with E-state index in [4.69, 9.17) is 0 Å². The molecule has 2 N–H and O–H groups in total. The average molecular weight is 611 g/mol. The standard InChI is InChI=1S/C35H42N6O4/c1-21(2)40-19-35(24-12-8-10-14-26(24)38-32(35)45)17-28(40)29(42)39(6)27(16-33(3,4)5)30(43)41-20-34(15-22(41)18-36)23-11-7-9-13-25(23)37-31(34)44/h7-14,21-22,27-28H,15-17,19-20H2,1-6H3,(H,37,44)(H,38,45)/t22-,27-,28-,34-,35-/m0/s1. The van der Waals surface area contributed by atoms with Gasteiger partial charge in [-0.15, -0.1) is 0 Å². The monoisotopic (exact) mass is 610 g/mol. The first kappa shape index (κ1) is 30.8. The maximum Gasteiger partial charge on any atom is 0.246 e. The van der Waals surface area contributed by atoms with Gasteiger partial charge in [-0.2, -0.15) is 5.26 Å². The third kappa shape index (κ3) is 4.80. The minimum absolute atomic E-state index is 0.0218. The highest BCUT2D eigenvalue weighted by molar-refractivity contribution is 6.08. The fourth-order valence-electron chi connectivity index (χ4n) is 7.97. The van der Waals surface area contributed by atoms with E-state index in [0.29, 0.717) is 25.1 Å². The number of rotatable bonds is 5. The Morgan fingerprint density at radius 1 is 0.956 bits per heavy atom. The summed E-state index contributed by atoms with van der Waals surface area (Å²) >= 11 is 0. The second kappa shape index (κ2) is 10.7. The van der Waals surface area contributed by atoms with Crippen LogP contribution in [0.5, 0.6) is 0 Å². The number of nitrogens with zero attached hydrogens (tertiary/aromatic N) is 4. The normalized spacial score (nSPS) is 27.8. The van der Waals surface area contributed by atoms with Crippen LogP contribution in [0.1, 0.15) is 65.0 Å². The summed E-state index contributed by atoms with van der Waals surface area (Å²) in [6.45, 7) is 10.6. The molecule has 0 saturated carbocycles. The van der Waals surface area contributed by atoms with E-state index < -0.39 is 29.0 Å². The van der Waals surface area contributed by atoms with E-state index in [1.54, 1.807) is 7.05 Å². The average Bonchev–Trinajstić information content (AvgIpc) is 3.73. The summed E-state index contributed by atoms with van der Waals surface area (Å²) in [6, 6.07) is 15.0. The lowest BCUT2D eigenvalue weighted by Gasteiger charge is -2.38. The molecule has 4 amide bonds. The molecule has 5 atom stereocenters. The Labute approximate surface area is 264 Å². The van der Waals surface area contributed by atoms with Crippen LogP contribution in [-0.4, -0.2) is 82.6 Å². The largest absolute Gasteiger partial charge is 0.332 e. The predicted molar refractivity (Wildman–Crippen MR) is 170 cm³/mol. The van der Waals surface area contributed by atoms with Crippen LogP contribution in [0.3, 0.4) is 0 Å². The molecule has 4 aliphatic rings.